The lowest BCUT2D eigenvalue weighted by atomic mass is 9.77. The van der Waals surface area contributed by atoms with E-state index in [9.17, 15) is 8.42 Å². The molecule has 5 nitrogen and oxygen atoms in total. The van der Waals surface area contributed by atoms with E-state index >= 15 is 0 Å². The number of ether oxygens (including phenoxy) is 2. The van der Waals surface area contributed by atoms with Gasteiger partial charge in [-0.2, -0.15) is 0 Å². The van der Waals surface area contributed by atoms with Crippen LogP contribution in [0, 0.1) is 13.8 Å². The van der Waals surface area contributed by atoms with E-state index in [1.165, 1.54) is 6.42 Å². The Morgan fingerprint density at radius 2 is 1.79 bits per heavy atom. The van der Waals surface area contributed by atoms with Crippen molar-refractivity contribution in [2.75, 3.05) is 7.11 Å². The van der Waals surface area contributed by atoms with Gasteiger partial charge in [-0.1, -0.05) is 24.6 Å². The number of hydrogen-bond donors (Lipinski definition) is 1. The predicted octanol–water partition coefficient (Wildman–Crippen LogP) is 4.82. The summed E-state index contributed by atoms with van der Waals surface area (Å²) in [6.45, 7) is 3.66. The largest absolute Gasteiger partial charge is 0.496 e. The minimum Gasteiger partial charge on any atom is -0.496 e. The highest BCUT2D eigenvalue weighted by Crippen LogP contribution is 2.46. The van der Waals surface area contributed by atoms with Crippen molar-refractivity contribution in [3.05, 3.63) is 53.1 Å². The molecule has 0 unspecified atom stereocenters. The second kappa shape index (κ2) is 7.65. The Bertz CT molecular complexity index is 1010. The second-order valence-electron chi connectivity index (χ2n) is 8.35. The number of benzene rings is 2. The van der Waals surface area contributed by atoms with Crippen molar-refractivity contribution < 1.29 is 17.9 Å². The Morgan fingerprint density at radius 3 is 2.52 bits per heavy atom. The third kappa shape index (κ3) is 3.88. The molecule has 1 atom stereocenters. The Balaban J connectivity index is 1.69. The van der Waals surface area contributed by atoms with Crippen molar-refractivity contribution in [1.82, 2.24) is 4.72 Å². The third-order valence-electron chi connectivity index (χ3n) is 6.24. The van der Waals surface area contributed by atoms with Gasteiger partial charge in [0.05, 0.1) is 18.0 Å². The smallest absolute Gasteiger partial charge is 0.241 e. The fourth-order valence-electron chi connectivity index (χ4n) is 4.75. The van der Waals surface area contributed by atoms with E-state index in [-0.39, 0.29) is 11.6 Å². The third-order valence-corrected chi connectivity index (χ3v) is 7.85. The fraction of sp³-hybridized carbons (Fsp3) is 0.478. The van der Waals surface area contributed by atoms with Crippen LogP contribution in [0.2, 0.25) is 0 Å². The van der Waals surface area contributed by atoms with Gasteiger partial charge in [0.15, 0.2) is 0 Å². The van der Waals surface area contributed by atoms with Gasteiger partial charge in [0.2, 0.25) is 10.0 Å². The van der Waals surface area contributed by atoms with Crippen LogP contribution in [0.15, 0.2) is 41.3 Å². The normalized spacial score (nSPS) is 20.7. The summed E-state index contributed by atoms with van der Waals surface area (Å²) in [5, 5.41) is 0. The molecule has 2 aromatic rings. The van der Waals surface area contributed by atoms with Gasteiger partial charge in [-0.3, -0.25) is 0 Å². The van der Waals surface area contributed by atoms with Crippen molar-refractivity contribution in [1.29, 1.82) is 0 Å². The number of nitrogens with one attached hydrogen (secondary N) is 1. The Labute approximate surface area is 173 Å². The number of rotatable bonds is 4. The van der Waals surface area contributed by atoms with Gasteiger partial charge in [-0.15, -0.1) is 0 Å². The Hall–Kier alpha value is -2.05. The highest BCUT2D eigenvalue weighted by atomic mass is 32.2. The first-order valence-corrected chi connectivity index (χ1v) is 11.8. The highest BCUT2D eigenvalue weighted by Gasteiger charge is 2.43. The zero-order valence-corrected chi connectivity index (χ0v) is 18.1. The maximum absolute atomic E-state index is 13.4. The van der Waals surface area contributed by atoms with Crippen LogP contribution in [0.3, 0.4) is 0 Å². The molecule has 1 fully saturated rings. The van der Waals surface area contributed by atoms with Gasteiger partial charge in [-0.05, 0) is 68.9 Å². The van der Waals surface area contributed by atoms with E-state index in [2.05, 4.69) is 4.72 Å². The second-order valence-corrected chi connectivity index (χ2v) is 10.0. The van der Waals surface area contributed by atoms with Crippen molar-refractivity contribution >= 4 is 10.0 Å². The zero-order chi connectivity index (χ0) is 20.6. The molecule has 6 heteroatoms. The van der Waals surface area contributed by atoms with Crippen LogP contribution in [0.4, 0.5) is 0 Å². The lowest BCUT2D eigenvalue weighted by Gasteiger charge is -2.44. The standard InChI is InChI=1S/C23H29NO4S/c1-16-14-22(17(2)13-21(16)27-3)29(25,26)24-19-15-23(11-7-4-8-12-23)28-20-10-6-5-9-18(19)20/h5-6,9-10,13-14,19,24H,4,7-8,11-12,15H2,1-3H3/t19-/m1/s1. The summed E-state index contributed by atoms with van der Waals surface area (Å²) in [4.78, 5) is 0.303. The number of aryl methyl sites for hydroxylation is 2. The summed E-state index contributed by atoms with van der Waals surface area (Å²) in [5.74, 6) is 1.50. The first kappa shape index (κ1) is 20.2. The van der Waals surface area contributed by atoms with Crippen LogP contribution in [0.25, 0.3) is 0 Å². The molecule has 0 amide bonds. The number of sulfonamides is 1. The molecule has 29 heavy (non-hydrogen) atoms. The number of methoxy groups -OCH3 is 1. The average Bonchev–Trinajstić information content (AvgIpc) is 2.69. The van der Waals surface area contributed by atoms with E-state index in [0.29, 0.717) is 22.6 Å². The van der Waals surface area contributed by atoms with Gasteiger partial charge in [0.1, 0.15) is 17.1 Å². The molecular weight excluding hydrogens is 386 g/mol. The van der Waals surface area contributed by atoms with Gasteiger partial charge >= 0.3 is 0 Å². The average molecular weight is 416 g/mol. The predicted molar refractivity (Wildman–Crippen MR) is 113 cm³/mol. The summed E-state index contributed by atoms with van der Waals surface area (Å²) >= 11 is 0. The van der Waals surface area contributed by atoms with Gasteiger partial charge in [-0.25, -0.2) is 13.1 Å². The van der Waals surface area contributed by atoms with Crippen LogP contribution in [-0.2, 0) is 10.0 Å². The zero-order valence-electron chi connectivity index (χ0n) is 17.3. The quantitative estimate of drug-likeness (QED) is 0.778. The molecule has 4 rings (SSSR count). The molecule has 0 radical (unpaired) electrons. The number of para-hydroxylation sites is 1. The molecule has 1 aliphatic carbocycles. The molecule has 1 aliphatic heterocycles. The fourth-order valence-corrected chi connectivity index (χ4v) is 6.28. The molecule has 1 spiro atoms. The minimum absolute atomic E-state index is 0.273. The molecule has 2 aliphatic rings. The van der Waals surface area contributed by atoms with Crippen LogP contribution >= 0.6 is 0 Å². The SMILES string of the molecule is COc1cc(C)c(S(=O)(=O)N[C@@H]2CC3(CCCCC3)Oc3ccccc32)cc1C. The summed E-state index contributed by atoms with van der Waals surface area (Å²) < 4.78 is 41.5. The Kier molecular flexibility index (Phi) is 5.34. The summed E-state index contributed by atoms with van der Waals surface area (Å²) in [6, 6.07) is 11.0. The van der Waals surface area contributed by atoms with Crippen molar-refractivity contribution in [2.24, 2.45) is 0 Å². The molecule has 1 N–H and O–H groups in total. The van der Waals surface area contributed by atoms with E-state index in [4.69, 9.17) is 9.47 Å². The molecule has 156 valence electrons. The first-order chi connectivity index (χ1) is 13.8. The van der Waals surface area contributed by atoms with Gasteiger partial charge < -0.3 is 9.47 Å². The monoisotopic (exact) mass is 415 g/mol. The first-order valence-electron chi connectivity index (χ1n) is 10.3. The molecule has 2 aromatic carbocycles. The topological polar surface area (TPSA) is 64.6 Å². The van der Waals surface area contributed by atoms with E-state index in [1.54, 1.807) is 26.2 Å². The van der Waals surface area contributed by atoms with Crippen molar-refractivity contribution in [3.63, 3.8) is 0 Å². The van der Waals surface area contributed by atoms with E-state index < -0.39 is 10.0 Å². The Morgan fingerprint density at radius 1 is 1.07 bits per heavy atom. The van der Waals surface area contributed by atoms with Crippen LogP contribution in [0.5, 0.6) is 11.5 Å². The molecule has 1 heterocycles. The molecule has 0 aromatic heterocycles. The van der Waals surface area contributed by atoms with Crippen LogP contribution in [0.1, 0.15) is 61.3 Å². The lowest BCUT2D eigenvalue weighted by molar-refractivity contribution is 0.0000750. The van der Waals surface area contributed by atoms with Gasteiger partial charge in [0, 0.05) is 12.0 Å². The minimum atomic E-state index is -3.70. The van der Waals surface area contributed by atoms with Gasteiger partial charge in [0.25, 0.3) is 0 Å². The summed E-state index contributed by atoms with van der Waals surface area (Å²) in [5.41, 5.74) is 2.11. The highest BCUT2D eigenvalue weighted by molar-refractivity contribution is 7.89. The van der Waals surface area contributed by atoms with E-state index in [0.717, 1.165) is 42.6 Å². The molecule has 0 bridgehead atoms. The molecule has 1 saturated carbocycles. The number of fused-ring (bicyclic) bond motifs is 1. The molecular formula is C23H29NO4S. The van der Waals surface area contributed by atoms with Crippen LogP contribution in [-0.4, -0.2) is 21.1 Å². The van der Waals surface area contributed by atoms with Crippen molar-refractivity contribution in [2.45, 2.75) is 68.9 Å². The van der Waals surface area contributed by atoms with Crippen molar-refractivity contribution in [3.8, 4) is 11.5 Å². The summed E-state index contributed by atoms with van der Waals surface area (Å²) in [7, 11) is -2.10. The summed E-state index contributed by atoms with van der Waals surface area (Å²) in [6.07, 6.45) is 6.07. The van der Waals surface area contributed by atoms with E-state index in [1.807, 2.05) is 31.2 Å². The maximum atomic E-state index is 13.4. The van der Waals surface area contributed by atoms with Crippen LogP contribution < -0.4 is 14.2 Å². The number of hydrogen-bond acceptors (Lipinski definition) is 4. The lowest BCUT2D eigenvalue weighted by Crippen LogP contribution is -2.46. The maximum Gasteiger partial charge on any atom is 0.241 e. The molecule has 0 saturated heterocycles.